The van der Waals surface area contributed by atoms with Gasteiger partial charge < -0.3 is 10.2 Å². The predicted octanol–water partition coefficient (Wildman–Crippen LogP) is 3.85. The van der Waals surface area contributed by atoms with E-state index in [1.807, 2.05) is 41.5 Å². The van der Waals surface area contributed by atoms with Gasteiger partial charge in [0.2, 0.25) is 11.8 Å². The van der Waals surface area contributed by atoms with Crippen molar-refractivity contribution in [2.45, 2.75) is 45.1 Å². The van der Waals surface area contributed by atoms with Crippen LogP contribution in [0.3, 0.4) is 0 Å². The smallest absolute Gasteiger partial charge is 0.229 e. The van der Waals surface area contributed by atoms with Crippen molar-refractivity contribution < 1.29 is 9.59 Å². The average molecular weight is 369 g/mol. The number of hydrogen-bond acceptors (Lipinski definition) is 4. The molecule has 1 saturated heterocycles. The maximum absolute atomic E-state index is 12.6. The van der Waals surface area contributed by atoms with Crippen molar-refractivity contribution in [1.29, 1.82) is 0 Å². The van der Waals surface area contributed by atoms with Crippen molar-refractivity contribution in [2.75, 3.05) is 11.9 Å². The molecule has 1 aromatic heterocycles. The maximum atomic E-state index is 12.6. The number of nitrogens with one attached hydrogen (secondary N) is 1. The molecule has 1 aliphatic carbocycles. The van der Waals surface area contributed by atoms with Crippen LogP contribution in [-0.4, -0.2) is 34.3 Å². The van der Waals surface area contributed by atoms with Crippen molar-refractivity contribution in [3.63, 3.8) is 0 Å². The number of aryl methyl sites for hydroxylation is 1. The number of thiazole rings is 1. The Kier molecular flexibility index (Phi) is 4.76. The van der Waals surface area contributed by atoms with Crippen molar-refractivity contribution >= 4 is 28.8 Å². The molecule has 0 bridgehead atoms. The Morgan fingerprint density at radius 3 is 2.62 bits per heavy atom. The van der Waals surface area contributed by atoms with E-state index in [2.05, 4.69) is 10.3 Å². The molecule has 1 unspecified atom stereocenters. The zero-order valence-corrected chi connectivity index (χ0v) is 15.7. The van der Waals surface area contributed by atoms with E-state index in [9.17, 15) is 9.59 Å². The number of carbonyl (C=O) groups is 2. The van der Waals surface area contributed by atoms with Gasteiger partial charge in [-0.25, -0.2) is 4.98 Å². The molecule has 2 amide bonds. The molecular formula is C20H23N3O2S. The van der Waals surface area contributed by atoms with E-state index in [0.717, 1.165) is 34.8 Å². The summed E-state index contributed by atoms with van der Waals surface area (Å²) in [5, 5.41) is 6.03. The SMILES string of the molecule is Cc1nc(-c2ccc(NC(=O)C3CC(=O)N(C4CCCC4)C3)cc2)cs1. The third kappa shape index (κ3) is 3.51. The average Bonchev–Trinajstić information content (AvgIpc) is 3.36. The molecule has 0 radical (unpaired) electrons. The molecule has 2 fully saturated rings. The topological polar surface area (TPSA) is 62.3 Å². The van der Waals surface area contributed by atoms with Gasteiger partial charge in [-0.15, -0.1) is 11.3 Å². The Bertz CT molecular complexity index is 809. The highest BCUT2D eigenvalue weighted by Crippen LogP contribution is 2.30. The van der Waals surface area contributed by atoms with E-state index in [4.69, 9.17) is 0 Å². The fraction of sp³-hybridized carbons (Fsp3) is 0.450. The van der Waals surface area contributed by atoms with Crippen LogP contribution in [0.25, 0.3) is 11.3 Å². The van der Waals surface area contributed by atoms with E-state index in [0.29, 0.717) is 19.0 Å². The van der Waals surface area contributed by atoms with Crippen LogP contribution in [0, 0.1) is 12.8 Å². The third-order valence-corrected chi connectivity index (χ3v) is 6.14. The van der Waals surface area contributed by atoms with Gasteiger partial charge in [0, 0.05) is 35.6 Å². The maximum Gasteiger partial charge on any atom is 0.229 e. The Labute approximate surface area is 157 Å². The van der Waals surface area contributed by atoms with Crippen LogP contribution in [0.4, 0.5) is 5.69 Å². The number of aromatic nitrogens is 1. The number of amides is 2. The monoisotopic (exact) mass is 369 g/mol. The van der Waals surface area contributed by atoms with Gasteiger partial charge in [-0.3, -0.25) is 9.59 Å². The molecule has 0 spiro atoms. The minimum absolute atomic E-state index is 0.0592. The molecule has 136 valence electrons. The summed E-state index contributed by atoms with van der Waals surface area (Å²) in [7, 11) is 0. The van der Waals surface area contributed by atoms with Gasteiger partial charge in [0.05, 0.1) is 16.6 Å². The van der Waals surface area contributed by atoms with Gasteiger partial charge in [0.1, 0.15) is 0 Å². The molecule has 2 heterocycles. The lowest BCUT2D eigenvalue weighted by molar-refractivity contribution is -0.129. The fourth-order valence-corrected chi connectivity index (χ4v) is 4.56. The lowest BCUT2D eigenvalue weighted by atomic mass is 10.1. The summed E-state index contributed by atoms with van der Waals surface area (Å²) in [6.45, 7) is 2.55. The van der Waals surface area contributed by atoms with Crippen LogP contribution in [0.15, 0.2) is 29.6 Å². The largest absolute Gasteiger partial charge is 0.339 e. The summed E-state index contributed by atoms with van der Waals surface area (Å²) >= 11 is 1.62. The van der Waals surface area contributed by atoms with E-state index in [-0.39, 0.29) is 17.7 Å². The second-order valence-corrected chi connectivity index (χ2v) is 8.27. The minimum Gasteiger partial charge on any atom is -0.339 e. The van der Waals surface area contributed by atoms with Crippen molar-refractivity contribution in [2.24, 2.45) is 5.92 Å². The normalized spacial score (nSPS) is 20.7. The van der Waals surface area contributed by atoms with Crippen LogP contribution < -0.4 is 5.32 Å². The first-order valence-electron chi connectivity index (χ1n) is 9.23. The van der Waals surface area contributed by atoms with Crippen molar-refractivity contribution in [1.82, 2.24) is 9.88 Å². The molecule has 4 rings (SSSR count). The highest BCUT2D eigenvalue weighted by atomic mass is 32.1. The Balaban J connectivity index is 1.38. The summed E-state index contributed by atoms with van der Waals surface area (Å²) in [5.41, 5.74) is 2.76. The number of benzene rings is 1. The third-order valence-electron chi connectivity index (χ3n) is 5.36. The predicted molar refractivity (Wildman–Crippen MR) is 103 cm³/mol. The highest BCUT2D eigenvalue weighted by Gasteiger charge is 2.38. The van der Waals surface area contributed by atoms with E-state index in [1.54, 1.807) is 11.3 Å². The minimum atomic E-state index is -0.246. The zero-order chi connectivity index (χ0) is 18.1. The number of nitrogens with zero attached hydrogens (tertiary/aromatic N) is 2. The van der Waals surface area contributed by atoms with Gasteiger partial charge in [0.15, 0.2) is 0 Å². The Morgan fingerprint density at radius 2 is 1.96 bits per heavy atom. The number of carbonyl (C=O) groups excluding carboxylic acids is 2. The molecule has 1 aromatic carbocycles. The quantitative estimate of drug-likeness (QED) is 0.890. The molecule has 1 atom stereocenters. The second kappa shape index (κ2) is 7.19. The molecular weight excluding hydrogens is 346 g/mol. The lowest BCUT2D eigenvalue weighted by Gasteiger charge is -2.23. The molecule has 1 saturated carbocycles. The first-order chi connectivity index (χ1) is 12.6. The lowest BCUT2D eigenvalue weighted by Crippen LogP contribution is -2.35. The summed E-state index contributed by atoms with van der Waals surface area (Å²) in [5.74, 6) is -0.175. The van der Waals surface area contributed by atoms with Crippen LogP contribution in [0.1, 0.15) is 37.1 Å². The van der Waals surface area contributed by atoms with Crippen LogP contribution in [0.2, 0.25) is 0 Å². The number of anilines is 1. The second-order valence-electron chi connectivity index (χ2n) is 7.20. The van der Waals surface area contributed by atoms with Crippen LogP contribution >= 0.6 is 11.3 Å². The van der Waals surface area contributed by atoms with Gasteiger partial charge in [-0.1, -0.05) is 25.0 Å². The first-order valence-corrected chi connectivity index (χ1v) is 10.1. The van der Waals surface area contributed by atoms with Gasteiger partial charge in [-0.05, 0) is 31.9 Å². The first kappa shape index (κ1) is 17.2. The van der Waals surface area contributed by atoms with Crippen LogP contribution in [-0.2, 0) is 9.59 Å². The van der Waals surface area contributed by atoms with Crippen molar-refractivity contribution in [3.8, 4) is 11.3 Å². The molecule has 2 aromatic rings. The number of hydrogen-bond donors (Lipinski definition) is 1. The van der Waals surface area contributed by atoms with Crippen LogP contribution in [0.5, 0.6) is 0 Å². The summed E-state index contributed by atoms with van der Waals surface area (Å²) in [6, 6.07) is 8.07. The Morgan fingerprint density at radius 1 is 1.23 bits per heavy atom. The zero-order valence-electron chi connectivity index (χ0n) is 14.9. The molecule has 2 aliphatic rings. The van der Waals surface area contributed by atoms with Gasteiger partial charge >= 0.3 is 0 Å². The summed E-state index contributed by atoms with van der Waals surface area (Å²) in [6.07, 6.45) is 4.88. The van der Waals surface area contributed by atoms with Crippen molar-refractivity contribution in [3.05, 3.63) is 34.7 Å². The molecule has 1 N–H and O–H groups in total. The van der Waals surface area contributed by atoms with E-state index >= 15 is 0 Å². The molecule has 1 aliphatic heterocycles. The van der Waals surface area contributed by atoms with Gasteiger partial charge in [0.25, 0.3) is 0 Å². The highest BCUT2D eigenvalue weighted by molar-refractivity contribution is 7.09. The number of likely N-dealkylation sites (tertiary alicyclic amines) is 1. The van der Waals surface area contributed by atoms with E-state index < -0.39 is 0 Å². The van der Waals surface area contributed by atoms with E-state index in [1.165, 1.54) is 12.8 Å². The number of rotatable bonds is 4. The molecule has 5 nitrogen and oxygen atoms in total. The summed E-state index contributed by atoms with van der Waals surface area (Å²) in [4.78, 5) is 31.3. The van der Waals surface area contributed by atoms with Gasteiger partial charge in [-0.2, -0.15) is 0 Å². The molecule has 26 heavy (non-hydrogen) atoms. The Hall–Kier alpha value is -2.21. The summed E-state index contributed by atoms with van der Waals surface area (Å²) < 4.78 is 0. The fourth-order valence-electron chi connectivity index (χ4n) is 3.94. The standard InChI is InChI=1S/C20H23N3O2S/c1-13-21-18(12-26-13)14-6-8-16(9-7-14)22-20(25)15-10-19(24)23(11-15)17-4-2-3-5-17/h6-9,12,15,17H,2-5,10-11H2,1H3,(H,22,25). The molecule has 6 heteroatoms.